The van der Waals surface area contributed by atoms with E-state index in [4.69, 9.17) is 4.42 Å². The van der Waals surface area contributed by atoms with Crippen molar-refractivity contribution in [1.29, 1.82) is 0 Å². The second-order valence-corrected chi connectivity index (χ2v) is 9.48. The molecule has 0 saturated carbocycles. The number of aryl methyl sites for hydroxylation is 1. The first-order valence-electron chi connectivity index (χ1n) is 9.71. The first-order valence-corrected chi connectivity index (χ1v) is 9.71. The van der Waals surface area contributed by atoms with Gasteiger partial charge in [-0.05, 0) is 39.7 Å². The Hall–Kier alpha value is -2.41. The molecule has 3 aromatic rings. The van der Waals surface area contributed by atoms with Crippen molar-refractivity contribution < 1.29 is 4.42 Å². The van der Waals surface area contributed by atoms with E-state index >= 15 is 0 Å². The second kappa shape index (κ2) is 6.96. The highest BCUT2D eigenvalue weighted by atomic mass is 16.3. The Bertz CT molecular complexity index is 842. The molecule has 0 spiro atoms. The zero-order chi connectivity index (χ0) is 19.8. The molecule has 1 nitrogen and oxygen atoms in total. The summed E-state index contributed by atoms with van der Waals surface area (Å²) in [6, 6.07) is 21.8. The van der Waals surface area contributed by atoms with Gasteiger partial charge < -0.3 is 0 Å². The van der Waals surface area contributed by atoms with Crippen molar-refractivity contribution in [3.63, 3.8) is 0 Å². The summed E-state index contributed by atoms with van der Waals surface area (Å²) in [6.45, 7) is 15.4. The molecule has 2 aromatic carbocycles. The minimum atomic E-state index is 0.155. The van der Waals surface area contributed by atoms with E-state index in [0.717, 1.165) is 17.1 Å². The van der Waals surface area contributed by atoms with Gasteiger partial charge in [0.1, 0.15) is 0 Å². The lowest BCUT2D eigenvalue weighted by Crippen LogP contribution is -2.10. The summed E-state index contributed by atoms with van der Waals surface area (Å²) in [5, 5.41) is 0. The van der Waals surface area contributed by atoms with E-state index in [1.54, 1.807) is 0 Å². The molecule has 140 valence electrons. The van der Waals surface area contributed by atoms with Gasteiger partial charge in [0.25, 0.3) is 0 Å². The van der Waals surface area contributed by atoms with Gasteiger partial charge in [-0.3, -0.25) is 0 Å². The van der Waals surface area contributed by atoms with Gasteiger partial charge in [-0.15, -0.1) is 0 Å². The molecule has 0 aliphatic rings. The molecule has 1 heteroatoms. The Morgan fingerprint density at radius 3 is 1.44 bits per heavy atom. The molecule has 1 aromatic heterocycles. The molecule has 0 radical (unpaired) electrons. The molecule has 0 atom stereocenters. The molecule has 0 saturated heterocycles. The molecule has 3 rings (SSSR count). The Balaban J connectivity index is 1.97. The van der Waals surface area contributed by atoms with Crippen LogP contribution in [0.2, 0.25) is 0 Å². The molecular formula is C26H31O+. The molecule has 0 amide bonds. The van der Waals surface area contributed by atoms with Crippen molar-refractivity contribution in [2.45, 2.75) is 59.3 Å². The fourth-order valence-electron chi connectivity index (χ4n) is 3.24. The van der Waals surface area contributed by atoms with E-state index in [0.29, 0.717) is 0 Å². The summed E-state index contributed by atoms with van der Waals surface area (Å²) in [6.07, 6.45) is 0. The van der Waals surface area contributed by atoms with Crippen molar-refractivity contribution in [3.8, 4) is 22.5 Å². The van der Waals surface area contributed by atoms with E-state index in [1.165, 1.54) is 22.3 Å². The number of benzene rings is 2. The van der Waals surface area contributed by atoms with Gasteiger partial charge in [-0.25, -0.2) is 4.42 Å². The Morgan fingerprint density at radius 2 is 1.00 bits per heavy atom. The highest BCUT2D eigenvalue weighted by Crippen LogP contribution is 2.31. The van der Waals surface area contributed by atoms with Crippen molar-refractivity contribution >= 4 is 0 Å². The minimum Gasteiger partial charge on any atom is -0.213 e. The molecule has 0 aliphatic carbocycles. The van der Waals surface area contributed by atoms with Crippen LogP contribution in [0.4, 0.5) is 0 Å². The quantitative estimate of drug-likeness (QED) is 0.425. The summed E-state index contributed by atoms with van der Waals surface area (Å²) in [5.74, 6) is 1.83. The molecule has 27 heavy (non-hydrogen) atoms. The van der Waals surface area contributed by atoms with Crippen LogP contribution in [0, 0.1) is 6.92 Å². The summed E-state index contributed by atoms with van der Waals surface area (Å²) in [4.78, 5) is 0. The van der Waals surface area contributed by atoms with Gasteiger partial charge >= 0.3 is 11.5 Å². The van der Waals surface area contributed by atoms with Crippen molar-refractivity contribution in [2.24, 2.45) is 0 Å². The fourth-order valence-corrected chi connectivity index (χ4v) is 3.24. The van der Waals surface area contributed by atoms with Gasteiger partial charge in [0.05, 0.1) is 18.6 Å². The molecular weight excluding hydrogens is 328 g/mol. The third-order valence-electron chi connectivity index (χ3n) is 5.04. The lowest BCUT2D eigenvalue weighted by atomic mass is 9.86. The monoisotopic (exact) mass is 359 g/mol. The summed E-state index contributed by atoms with van der Waals surface area (Å²) >= 11 is 0. The number of rotatable bonds is 2. The smallest absolute Gasteiger partial charge is 0.213 e. The van der Waals surface area contributed by atoms with Crippen LogP contribution in [-0.4, -0.2) is 0 Å². The summed E-state index contributed by atoms with van der Waals surface area (Å²) in [7, 11) is 0. The van der Waals surface area contributed by atoms with E-state index in [2.05, 4.69) is 102 Å². The average Bonchev–Trinajstić information content (AvgIpc) is 2.60. The Morgan fingerprint density at radius 1 is 0.556 bits per heavy atom. The molecule has 0 fully saturated rings. The van der Waals surface area contributed by atoms with E-state index in [9.17, 15) is 0 Å². The third kappa shape index (κ3) is 4.47. The molecule has 0 unspecified atom stereocenters. The number of hydrogen-bond acceptors (Lipinski definition) is 0. The molecule has 0 bridgehead atoms. The van der Waals surface area contributed by atoms with Crippen molar-refractivity contribution in [2.75, 3.05) is 0 Å². The predicted octanol–water partition coefficient (Wildman–Crippen LogP) is 7.80. The highest BCUT2D eigenvalue weighted by Gasteiger charge is 2.19. The van der Waals surface area contributed by atoms with E-state index in [1.807, 2.05) is 6.92 Å². The van der Waals surface area contributed by atoms with Crippen LogP contribution in [0.5, 0.6) is 0 Å². The van der Waals surface area contributed by atoms with Crippen LogP contribution < -0.4 is 0 Å². The average molecular weight is 360 g/mol. The van der Waals surface area contributed by atoms with Gasteiger partial charge in [-0.1, -0.05) is 77.9 Å². The van der Waals surface area contributed by atoms with Gasteiger partial charge in [0.2, 0.25) is 0 Å². The summed E-state index contributed by atoms with van der Waals surface area (Å²) < 4.78 is 6.03. The SMILES string of the molecule is Cc1cc(-c2ccc(C(C)(C)C)cc2)cc(-c2ccc(C(C)(C)C)cc2)[o+]1. The van der Waals surface area contributed by atoms with Crippen LogP contribution >= 0.6 is 0 Å². The number of hydrogen-bond donors (Lipinski definition) is 0. The standard InChI is InChI=1S/C26H31O/c1-18-16-21(19-8-12-22(13-9-19)25(2,3)4)17-24(27-18)20-10-14-23(15-11-20)26(5,6)7/h8-17H,1-7H3/q+1. The second-order valence-electron chi connectivity index (χ2n) is 9.48. The predicted molar refractivity (Wildman–Crippen MR) is 116 cm³/mol. The van der Waals surface area contributed by atoms with E-state index in [-0.39, 0.29) is 10.8 Å². The van der Waals surface area contributed by atoms with Crippen LogP contribution in [0.1, 0.15) is 58.4 Å². The van der Waals surface area contributed by atoms with Crippen LogP contribution in [0.25, 0.3) is 22.5 Å². The Labute approximate surface area is 164 Å². The van der Waals surface area contributed by atoms with E-state index < -0.39 is 0 Å². The van der Waals surface area contributed by atoms with Gasteiger partial charge in [-0.2, -0.15) is 0 Å². The first-order chi connectivity index (χ1) is 12.5. The van der Waals surface area contributed by atoms with Gasteiger partial charge in [0.15, 0.2) is 0 Å². The summed E-state index contributed by atoms with van der Waals surface area (Å²) in [5.41, 5.74) is 6.52. The lowest BCUT2D eigenvalue weighted by Gasteiger charge is -2.19. The maximum atomic E-state index is 6.03. The normalized spacial score (nSPS) is 12.3. The lowest BCUT2D eigenvalue weighted by molar-refractivity contribution is 0.532. The third-order valence-corrected chi connectivity index (χ3v) is 5.04. The van der Waals surface area contributed by atoms with Crippen molar-refractivity contribution in [3.05, 3.63) is 77.6 Å². The van der Waals surface area contributed by atoms with Crippen molar-refractivity contribution in [1.82, 2.24) is 0 Å². The fraction of sp³-hybridized carbons (Fsp3) is 0.346. The first kappa shape index (κ1) is 19.4. The minimum absolute atomic E-state index is 0.155. The van der Waals surface area contributed by atoms with Crippen LogP contribution in [0.3, 0.4) is 0 Å². The topological polar surface area (TPSA) is 11.3 Å². The van der Waals surface area contributed by atoms with Crippen LogP contribution in [-0.2, 0) is 10.8 Å². The maximum absolute atomic E-state index is 6.03. The molecule has 0 aliphatic heterocycles. The largest absolute Gasteiger partial charge is 0.360 e. The Kier molecular flexibility index (Phi) is 4.99. The molecule has 0 N–H and O–H groups in total. The highest BCUT2D eigenvalue weighted by molar-refractivity contribution is 5.70. The van der Waals surface area contributed by atoms with Gasteiger partial charge in [0, 0.05) is 11.6 Å². The zero-order valence-corrected chi connectivity index (χ0v) is 17.7. The maximum Gasteiger partial charge on any atom is 0.360 e. The molecule has 1 heterocycles. The van der Waals surface area contributed by atoms with Crippen LogP contribution in [0.15, 0.2) is 65.1 Å². The zero-order valence-electron chi connectivity index (χ0n) is 17.7.